The van der Waals surface area contributed by atoms with Gasteiger partial charge in [-0.25, -0.2) is 8.42 Å². The molecule has 12 heteroatoms. The van der Waals surface area contributed by atoms with Gasteiger partial charge in [0, 0.05) is 31.1 Å². The van der Waals surface area contributed by atoms with Crippen molar-refractivity contribution in [3.05, 3.63) is 16.8 Å². The molecule has 0 N–H and O–H groups in total. The lowest BCUT2D eigenvalue weighted by molar-refractivity contribution is -0.149. The fourth-order valence-electron chi connectivity index (χ4n) is 4.03. The summed E-state index contributed by atoms with van der Waals surface area (Å²) < 4.78 is 38.1. The van der Waals surface area contributed by atoms with Crippen LogP contribution in [0.5, 0.6) is 0 Å². The second kappa shape index (κ2) is 9.28. The molecule has 0 saturated carbocycles. The first-order chi connectivity index (χ1) is 15.3. The van der Waals surface area contributed by atoms with E-state index in [0.29, 0.717) is 42.3 Å². The molecule has 10 nitrogen and oxygen atoms in total. The fraction of sp³-hybridized carbons (Fsp3) is 0.600. The van der Waals surface area contributed by atoms with E-state index in [1.807, 2.05) is 0 Å². The van der Waals surface area contributed by atoms with Gasteiger partial charge in [0.25, 0.3) is 0 Å². The zero-order valence-corrected chi connectivity index (χ0v) is 19.7. The van der Waals surface area contributed by atoms with Gasteiger partial charge in [-0.1, -0.05) is 5.16 Å². The molecule has 32 heavy (non-hydrogen) atoms. The highest BCUT2D eigenvalue weighted by Crippen LogP contribution is 2.35. The van der Waals surface area contributed by atoms with Gasteiger partial charge >= 0.3 is 17.8 Å². The number of piperidine rings is 1. The minimum atomic E-state index is -3.73. The van der Waals surface area contributed by atoms with E-state index in [2.05, 4.69) is 10.1 Å². The van der Waals surface area contributed by atoms with E-state index >= 15 is 0 Å². The topological polar surface area (TPSA) is 123 Å². The molecule has 4 rings (SSSR count). The molecule has 0 unspecified atom stereocenters. The van der Waals surface area contributed by atoms with Crippen molar-refractivity contribution in [3.8, 4) is 10.7 Å². The van der Waals surface area contributed by atoms with Crippen molar-refractivity contribution in [2.45, 2.75) is 44.4 Å². The molecule has 1 amide bonds. The summed E-state index contributed by atoms with van der Waals surface area (Å²) in [6.45, 7) is 5.65. The first kappa shape index (κ1) is 22.9. The average Bonchev–Trinajstić information content (AvgIpc) is 3.54. The van der Waals surface area contributed by atoms with Gasteiger partial charge in [0.1, 0.15) is 0 Å². The highest BCUT2D eigenvalue weighted by atomic mass is 32.2. The number of thiophene rings is 1. The number of carbonyl (C=O) groups excluding carboxylic acids is 2. The number of hydrogen-bond donors (Lipinski definition) is 0. The Balaban J connectivity index is 1.49. The van der Waals surface area contributed by atoms with Crippen LogP contribution >= 0.6 is 11.3 Å². The third-order valence-electron chi connectivity index (χ3n) is 5.79. The second-order valence-electron chi connectivity index (χ2n) is 7.88. The van der Waals surface area contributed by atoms with Crippen LogP contribution in [0.2, 0.25) is 0 Å². The van der Waals surface area contributed by atoms with Crippen molar-refractivity contribution < 1.29 is 27.3 Å². The van der Waals surface area contributed by atoms with Crippen LogP contribution in [-0.2, 0) is 19.6 Å². The summed E-state index contributed by atoms with van der Waals surface area (Å²) in [4.78, 5) is 31.6. The van der Waals surface area contributed by atoms with Crippen molar-refractivity contribution in [3.63, 3.8) is 0 Å². The minimum absolute atomic E-state index is 0.0848. The van der Waals surface area contributed by atoms with Crippen molar-refractivity contribution in [2.24, 2.45) is 5.92 Å². The Bertz CT molecular complexity index is 1100. The zero-order valence-electron chi connectivity index (χ0n) is 18.1. The predicted octanol–water partition coefficient (Wildman–Crippen LogP) is 2.31. The molecule has 0 spiro atoms. The number of nitrogens with zero attached hydrogens (tertiary/aromatic N) is 4. The van der Waals surface area contributed by atoms with E-state index in [9.17, 15) is 18.0 Å². The van der Waals surface area contributed by atoms with Crippen LogP contribution in [0.15, 0.2) is 15.5 Å². The minimum Gasteiger partial charge on any atom is -0.466 e. The molecular weight excluding hydrogens is 456 g/mol. The van der Waals surface area contributed by atoms with Crippen LogP contribution in [0.4, 0.5) is 0 Å². The molecule has 2 aromatic rings. The number of esters is 1. The number of amides is 1. The van der Waals surface area contributed by atoms with Crippen LogP contribution in [0.1, 0.15) is 48.2 Å². The second-order valence-corrected chi connectivity index (χ2v) is 11.0. The number of carbonyl (C=O) groups is 2. The van der Waals surface area contributed by atoms with Gasteiger partial charge in [-0.05, 0) is 45.6 Å². The Hall–Kier alpha value is -2.31. The summed E-state index contributed by atoms with van der Waals surface area (Å²) in [6, 6.07) is 1.53. The lowest BCUT2D eigenvalue weighted by Crippen LogP contribution is -2.40. The smallest absolute Gasteiger partial charge is 0.316 e. The molecule has 2 aromatic heterocycles. The van der Waals surface area contributed by atoms with Gasteiger partial charge in [-0.3, -0.25) is 9.59 Å². The molecule has 0 aliphatic carbocycles. The largest absolute Gasteiger partial charge is 0.466 e. The van der Waals surface area contributed by atoms with Gasteiger partial charge in [0.15, 0.2) is 0 Å². The first-order valence-corrected chi connectivity index (χ1v) is 13.0. The number of aromatic nitrogens is 2. The summed E-state index contributed by atoms with van der Waals surface area (Å²) in [5.74, 6) is -0.727. The summed E-state index contributed by atoms with van der Waals surface area (Å²) in [7, 11) is -3.73. The number of rotatable bonds is 6. The highest BCUT2D eigenvalue weighted by molar-refractivity contribution is 7.89. The van der Waals surface area contributed by atoms with Crippen molar-refractivity contribution in [1.82, 2.24) is 19.3 Å². The lowest BCUT2D eigenvalue weighted by atomic mass is 9.98. The molecule has 2 saturated heterocycles. The van der Waals surface area contributed by atoms with Gasteiger partial charge in [0.05, 0.1) is 22.3 Å². The Morgan fingerprint density at radius 1 is 1.22 bits per heavy atom. The quantitative estimate of drug-likeness (QED) is 0.575. The number of likely N-dealkylation sites (tertiary alicyclic amines) is 1. The summed E-state index contributed by atoms with van der Waals surface area (Å²) >= 11 is 1.24. The average molecular weight is 483 g/mol. The molecule has 2 aliphatic rings. The summed E-state index contributed by atoms with van der Waals surface area (Å²) in [5.41, 5.74) is 0. The van der Waals surface area contributed by atoms with E-state index in [0.717, 1.165) is 12.8 Å². The summed E-state index contributed by atoms with van der Waals surface area (Å²) in [5, 5.41) is 3.89. The van der Waals surface area contributed by atoms with Crippen LogP contribution in [0, 0.1) is 12.8 Å². The molecule has 0 aromatic carbocycles. The number of ether oxygens (including phenoxy) is 1. The maximum atomic E-state index is 13.2. The number of aryl methyl sites for hydroxylation is 1. The van der Waals surface area contributed by atoms with E-state index in [1.54, 1.807) is 18.7 Å². The molecule has 2 aliphatic heterocycles. The zero-order chi connectivity index (χ0) is 22.9. The first-order valence-electron chi connectivity index (χ1n) is 10.7. The number of hydrogen-bond acceptors (Lipinski definition) is 9. The Morgan fingerprint density at radius 2 is 1.91 bits per heavy atom. The molecular formula is C20H26N4O6S2. The maximum Gasteiger partial charge on any atom is 0.316 e. The van der Waals surface area contributed by atoms with Gasteiger partial charge in [0.2, 0.25) is 15.8 Å². The summed E-state index contributed by atoms with van der Waals surface area (Å²) in [6.07, 6.45) is 2.77. The normalized spacial score (nSPS) is 18.2. The SMILES string of the molecule is CCOC(=O)C1CCN(S(=O)(=O)c2cc(-c3noc(C(=O)N4CCCC4)n3)sc2C)CC1. The molecule has 2 fully saturated rings. The standard InChI is InChI=1S/C20H26N4O6S2/c1-3-29-20(26)14-6-10-24(11-7-14)32(27,28)16-12-15(31-13(16)2)17-21-18(30-22-17)19(25)23-8-4-5-9-23/h12,14H,3-11H2,1-2H3. The highest BCUT2D eigenvalue weighted by Gasteiger charge is 2.35. The van der Waals surface area contributed by atoms with Gasteiger partial charge in [-0.2, -0.15) is 9.29 Å². The van der Waals surface area contributed by atoms with Crippen molar-refractivity contribution in [1.29, 1.82) is 0 Å². The van der Waals surface area contributed by atoms with Crippen LogP contribution in [0.25, 0.3) is 10.7 Å². The van der Waals surface area contributed by atoms with E-state index in [-0.39, 0.29) is 47.5 Å². The van der Waals surface area contributed by atoms with Crippen molar-refractivity contribution >= 4 is 33.2 Å². The Labute approximate surface area is 190 Å². The Kier molecular flexibility index (Phi) is 6.63. The van der Waals surface area contributed by atoms with Crippen LogP contribution < -0.4 is 0 Å². The van der Waals surface area contributed by atoms with E-state index < -0.39 is 10.0 Å². The monoisotopic (exact) mass is 482 g/mol. The Morgan fingerprint density at radius 3 is 2.56 bits per heavy atom. The van der Waals surface area contributed by atoms with Crippen LogP contribution in [0.3, 0.4) is 0 Å². The van der Waals surface area contributed by atoms with Gasteiger partial charge < -0.3 is 14.2 Å². The van der Waals surface area contributed by atoms with E-state index in [1.165, 1.54) is 21.7 Å². The maximum absolute atomic E-state index is 13.2. The molecule has 0 bridgehead atoms. The fourth-order valence-corrected chi connectivity index (χ4v) is 6.98. The molecule has 174 valence electrons. The van der Waals surface area contributed by atoms with Gasteiger partial charge in [-0.15, -0.1) is 11.3 Å². The third kappa shape index (κ3) is 4.44. The molecule has 4 heterocycles. The molecule has 0 radical (unpaired) electrons. The third-order valence-corrected chi connectivity index (χ3v) is 8.99. The molecule has 0 atom stereocenters. The van der Waals surface area contributed by atoms with Crippen LogP contribution in [-0.4, -0.2) is 72.4 Å². The van der Waals surface area contributed by atoms with E-state index in [4.69, 9.17) is 9.26 Å². The predicted molar refractivity (Wildman–Crippen MR) is 116 cm³/mol. The number of sulfonamides is 1. The lowest BCUT2D eigenvalue weighted by Gasteiger charge is -2.30. The van der Waals surface area contributed by atoms with Crippen molar-refractivity contribution in [2.75, 3.05) is 32.8 Å².